The average molecular weight is 299 g/mol. The second-order valence-corrected chi connectivity index (χ2v) is 7.25. The van der Waals surface area contributed by atoms with Gasteiger partial charge in [0.15, 0.2) is 0 Å². The molecule has 5 heteroatoms. The standard InChI is InChI=1S/C17H25N5/c1-21-11-14(10-19-21)16-13(12-22(2)20-16)9-18-15-4-7-17(8-15)5-3-6-17/h10-12,15,18H,3-9H2,1-2H3. The van der Waals surface area contributed by atoms with Gasteiger partial charge in [-0.05, 0) is 37.5 Å². The van der Waals surface area contributed by atoms with Crippen LogP contribution in [-0.4, -0.2) is 25.6 Å². The van der Waals surface area contributed by atoms with Crippen LogP contribution in [0.3, 0.4) is 0 Å². The van der Waals surface area contributed by atoms with E-state index in [0.717, 1.165) is 17.8 Å². The fraction of sp³-hybridized carbons (Fsp3) is 0.647. The van der Waals surface area contributed by atoms with Gasteiger partial charge in [-0.25, -0.2) is 0 Å². The Hall–Kier alpha value is -1.62. The van der Waals surface area contributed by atoms with Gasteiger partial charge in [0.1, 0.15) is 0 Å². The van der Waals surface area contributed by atoms with E-state index in [4.69, 9.17) is 0 Å². The van der Waals surface area contributed by atoms with Crippen LogP contribution in [0, 0.1) is 5.41 Å². The second-order valence-electron chi connectivity index (χ2n) is 7.25. The number of aryl methyl sites for hydroxylation is 2. The van der Waals surface area contributed by atoms with E-state index in [1.54, 1.807) is 0 Å². The molecule has 1 spiro atoms. The summed E-state index contributed by atoms with van der Waals surface area (Å²) in [6.45, 7) is 0.902. The van der Waals surface area contributed by atoms with Gasteiger partial charge >= 0.3 is 0 Å². The third kappa shape index (κ3) is 2.47. The summed E-state index contributed by atoms with van der Waals surface area (Å²) in [5.74, 6) is 0. The zero-order valence-corrected chi connectivity index (χ0v) is 13.5. The topological polar surface area (TPSA) is 47.7 Å². The van der Waals surface area contributed by atoms with Gasteiger partial charge in [0.05, 0.1) is 11.9 Å². The van der Waals surface area contributed by atoms with Crippen molar-refractivity contribution in [1.82, 2.24) is 24.9 Å². The first-order valence-corrected chi connectivity index (χ1v) is 8.39. The van der Waals surface area contributed by atoms with Crippen LogP contribution in [0.25, 0.3) is 11.3 Å². The lowest BCUT2D eigenvalue weighted by molar-refractivity contribution is 0.139. The van der Waals surface area contributed by atoms with Gasteiger partial charge in [0, 0.05) is 50.2 Å². The van der Waals surface area contributed by atoms with E-state index < -0.39 is 0 Å². The van der Waals surface area contributed by atoms with E-state index >= 15 is 0 Å². The van der Waals surface area contributed by atoms with Crippen LogP contribution >= 0.6 is 0 Å². The molecule has 2 aliphatic rings. The van der Waals surface area contributed by atoms with E-state index in [1.165, 1.54) is 44.1 Å². The zero-order valence-electron chi connectivity index (χ0n) is 13.5. The predicted octanol–water partition coefficient (Wildman–Crippen LogP) is 2.63. The molecule has 1 unspecified atom stereocenters. The van der Waals surface area contributed by atoms with Gasteiger partial charge in [0.25, 0.3) is 0 Å². The van der Waals surface area contributed by atoms with E-state index in [9.17, 15) is 0 Å². The number of rotatable bonds is 4. The summed E-state index contributed by atoms with van der Waals surface area (Å²) in [7, 11) is 3.93. The van der Waals surface area contributed by atoms with Crippen molar-refractivity contribution in [3.8, 4) is 11.3 Å². The SMILES string of the molecule is Cn1cc(-c2nn(C)cc2CNC2CCC3(CCC3)C2)cn1. The molecule has 2 aromatic rings. The van der Waals surface area contributed by atoms with Crippen molar-refractivity contribution in [2.75, 3.05) is 0 Å². The first-order valence-electron chi connectivity index (χ1n) is 8.39. The van der Waals surface area contributed by atoms with Gasteiger partial charge in [-0.1, -0.05) is 6.42 Å². The van der Waals surface area contributed by atoms with Crippen LogP contribution < -0.4 is 5.32 Å². The highest BCUT2D eigenvalue weighted by Crippen LogP contribution is 2.53. The van der Waals surface area contributed by atoms with Crippen molar-refractivity contribution in [3.63, 3.8) is 0 Å². The molecule has 0 amide bonds. The van der Waals surface area contributed by atoms with E-state index in [2.05, 4.69) is 21.7 Å². The molecule has 2 aliphatic carbocycles. The minimum atomic E-state index is 0.683. The van der Waals surface area contributed by atoms with Crippen molar-refractivity contribution in [3.05, 3.63) is 24.2 Å². The molecule has 2 aromatic heterocycles. The van der Waals surface area contributed by atoms with Gasteiger partial charge in [0.2, 0.25) is 0 Å². The Kier molecular flexibility index (Phi) is 3.33. The predicted molar refractivity (Wildman–Crippen MR) is 86.2 cm³/mol. The molecular formula is C17H25N5. The van der Waals surface area contributed by atoms with Crippen molar-refractivity contribution >= 4 is 0 Å². The summed E-state index contributed by atoms with van der Waals surface area (Å²) in [6, 6.07) is 0.683. The highest BCUT2D eigenvalue weighted by molar-refractivity contribution is 5.60. The summed E-state index contributed by atoms with van der Waals surface area (Å²) in [4.78, 5) is 0. The molecule has 0 aliphatic heterocycles. The highest BCUT2D eigenvalue weighted by atomic mass is 15.3. The summed E-state index contributed by atoms with van der Waals surface area (Å²) in [6.07, 6.45) is 14.5. The lowest BCUT2D eigenvalue weighted by atomic mass is 9.67. The Morgan fingerprint density at radius 1 is 1.23 bits per heavy atom. The Balaban J connectivity index is 1.45. The zero-order chi connectivity index (χ0) is 15.2. The molecule has 0 saturated heterocycles. The molecule has 4 rings (SSSR count). The normalized spacial score (nSPS) is 23.1. The lowest BCUT2D eigenvalue weighted by Gasteiger charge is -2.38. The third-order valence-electron chi connectivity index (χ3n) is 5.58. The number of nitrogens with one attached hydrogen (secondary N) is 1. The molecule has 22 heavy (non-hydrogen) atoms. The van der Waals surface area contributed by atoms with Crippen molar-refractivity contribution in [2.45, 2.75) is 51.1 Å². The molecule has 0 radical (unpaired) electrons. The van der Waals surface area contributed by atoms with Crippen LogP contribution in [0.4, 0.5) is 0 Å². The molecule has 5 nitrogen and oxygen atoms in total. The first-order chi connectivity index (χ1) is 10.6. The molecule has 0 bridgehead atoms. The Morgan fingerprint density at radius 3 is 2.73 bits per heavy atom. The number of nitrogens with zero attached hydrogens (tertiary/aromatic N) is 4. The Labute approximate surface area is 131 Å². The monoisotopic (exact) mass is 299 g/mol. The van der Waals surface area contributed by atoms with Crippen molar-refractivity contribution < 1.29 is 0 Å². The maximum atomic E-state index is 4.62. The Bertz CT molecular complexity index is 664. The summed E-state index contributed by atoms with van der Waals surface area (Å²) >= 11 is 0. The molecular weight excluding hydrogens is 274 g/mol. The number of hydrogen-bond acceptors (Lipinski definition) is 3. The maximum Gasteiger partial charge on any atom is 0.0999 e. The van der Waals surface area contributed by atoms with Crippen LogP contribution in [0.5, 0.6) is 0 Å². The molecule has 118 valence electrons. The average Bonchev–Trinajstić information content (AvgIpc) is 3.13. The minimum Gasteiger partial charge on any atom is -0.310 e. The summed E-state index contributed by atoms with van der Waals surface area (Å²) in [5.41, 5.74) is 4.13. The largest absolute Gasteiger partial charge is 0.310 e. The van der Waals surface area contributed by atoms with E-state index in [-0.39, 0.29) is 0 Å². The second kappa shape index (κ2) is 5.23. The van der Waals surface area contributed by atoms with Gasteiger partial charge in [-0.3, -0.25) is 9.36 Å². The molecule has 2 heterocycles. The molecule has 1 N–H and O–H groups in total. The van der Waals surface area contributed by atoms with Gasteiger partial charge in [-0.2, -0.15) is 10.2 Å². The smallest absolute Gasteiger partial charge is 0.0999 e. The third-order valence-corrected chi connectivity index (χ3v) is 5.58. The van der Waals surface area contributed by atoms with Gasteiger partial charge < -0.3 is 5.32 Å². The fourth-order valence-corrected chi connectivity index (χ4v) is 4.22. The van der Waals surface area contributed by atoms with Gasteiger partial charge in [-0.15, -0.1) is 0 Å². The quantitative estimate of drug-likeness (QED) is 0.944. The van der Waals surface area contributed by atoms with Crippen LogP contribution in [0.1, 0.15) is 44.1 Å². The number of aromatic nitrogens is 4. The number of hydrogen-bond donors (Lipinski definition) is 1. The fourth-order valence-electron chi connectivity index (χ4n) is 4.22. The highest BCUT2D eigenvalue weighted by Gasteiger charge is 2.43. The molecule has 1 atom stereocenters. The van der Waals surface area contributed by atoms with Crippen LogP contribution in [-0.2, 0) is 20.6 Å². The first kappa shape index (κ1) is 14.0. The van der Waals surface area contributed by atoms with E-state index in [1.807, 2.05) is 35.9 Å². The summed E-state index contributed by atoms with van der Waals surface area (Å²) < 4.78 is 3.74. The molecule has 2 fully saturated rings. The van der Waals surface area contributed by atoms with Crippen molar-refractivity contribution in [1.29, 1.82) is 0 Å². The lowest BCUT2D eigenvalue weighted by Crippen LogP contribution is -2.31. The van der Waals surface area contributed by atoms with Crippen LogP contribution in [0.15, 0.2) is 18.6 Å². The Morgan fingerprint density at radius 2 is 2.09 bits per heavy atom. The van der Waals surface area contributed by atoms with Crippen molar-refractivity contribution in [2.24, 2.45) is 19.5 Å². The van der Waals surface area contributed by atoms with Crippen LogP contribution in [0.2, 0.25) is 0 Å². The summed E-state index contributed by atoms with van der Waals surface area (Å²) in [5, 5.41) is 12.7. The molecule has 2 saturated carbocycles. The minimum absolute atomic E-state index is 0.683. The molecule has 0 aromatic carbocycles. The van der Waals surface area contributed by atoms with E-state index in [0.29, 0.717) is 11.5 Å². The maximum absolute atomic E-state index is 4.62.